The number of hydrogen-bond acceptors (Lipinski definition) is 3. The smallest absolute Gasteiger partial charge is 0.278 e. The van der Waals surface area contributed by atoms with Gasteiger partial charge in [-0.1, -0.05) is 18.2 Å². The fourth-order valence-electron chi connectivity index (χ4n) is 3.47. The summed E-state index contributed by atoms with van der Waals surface area (Å²) in [4.78, 5) is 17.5. The molecule has 4 nitrogen and oxygen atoms in total. The summed E-state index contributed by atoms with van der Waals surface area (Å²) in [6.07, 6.45) is 0. The maximum Gasteiger partial charge on any atom is 0.278 e. The first-order chi connectivity index (χ1) is 12.1. The first-order valence-electron chi connectivity index (χ1n) is 9.02. The van der Waals surface area contributed by atoms with E-state index in [1.807, 2.05) is 18.4 Å². The topological polar surface area (TPSA) is 36.8 Å². The van der Waals surface area contributed by atoms with Crippen molar-refractivity contribution in [3.8, 4) is 0 Å². The number of piperazine rings is 1. The third-order valence-corrected chi connectivity index (χ3v) is 6.22. The summed E-state index contributed by atoms with van der Waals surface area (Å²) < 4.78 is 0. The average Bonchev–Trinajstić information content (AvgIpc) is 3.15. The van der Waals surface area contributed by atoms with Crippen LogP contribution in [0.15, 0.2) is 35.7 Å². The summed E-state index contributed by atoms with van der Waals surface area (Å²) in [5.41, 5.74) is 4.05. The van der Waals surface area contributed by atoms with E-state index in [2.05, 4.69) is 48.3 Å². The maximum absolute atomic E-state index is 12.4. The molecule has 1 saturated heterocycles. The Morgan fingerprint density at radius 3 is 2.68 bits per heavy atom. The molecule has 1 aromatic heterocycles. The minimum atomic E-state index is 0.000665. The molecule has 25 heavy (non-hydrogen) atoms. The molecule has 1 aromatic carbocycles. The zero-order chi connectivity index (χ0) is 17.8. The van der Waals surface area contributed by atoms with Gasteiger partial charge in [0.1, 0.15) is 0 Å². The van der Waals surface area contributed by atoms with E-state index >= 15 is 0 Å². The number of rotatable bonds is 5. The van der Waals surface area contributed by atoms with E-state index in [9.17, 15) is 4.79 Å². The minimum Gasteiger partial charge on any atom is -0.360 e. The van der Waals surface area contributed by atoms with Crippen molar-refractivity contribution in [2.75, 3.05) is 31.1 Å². The molecule has 1 aliphatic heterocycles. The third-order valence-electron chi connectivity index (χ3n) is 5.35. The van der Waals surface area contributed by atoms with Crippen LogP contribution in [0.2, 0.25) is 0 Å². The Morgan fingerprint density at radius 1 is 1.24 bits per heavy atom. The van der Waals surface area contributed by atoms with Gasteiger partial charge in [0, 0.05) is 10.6 Å². The Hall–Kier alpha value is -1.85. The summed E-state index contributed by atoms with van der Waals surface area (Å²) in [7, 11) is 0. The van der Waals surface area contributed by atoms with E-state index in [4.69, 9.17) is 0 Å². The van der Waals surface area contributed by atoms with Crippen LogP contribution >= 0.6 is 11.3 Å². The lowest BCUT2D eigenvalue weighted by Crippen LogP contribution is -3.19. The Labute approximate surface area is 154 Å². The lowest BCUT2D eigenvalue weighted by Gasteiger charge is -2.36. The lowest BCUT2D eigenvalue weighted by molar-refractivity contribution is -0.914. The molecule has 0 spiro atoms. The van der Waals surface area contributed by atoms with Crippen molar-refractivity contribution < 1.29 is 9.69 Å². The van der Waals surface area contributed by atoms with Gasteiger partial charge in [-0.2, -0.15) is 0 Å². The molecule has 0 unspecified atom stereocenters. The van der Waals surface area contributed by atoms with Crippen molar-refractivity contribution >= 4 is 22.9 Å². The SMILES string of the molecule is Cc1cccc(N2CC[NH+]([C@H](C)C(=O)NCc3cccs3)CC2)c1C. The van der Waals surface area contributed by atoms with Crippen LogP contribution in [0.3, 0.4) is 0 Å². The van der Waals surface area contributed by atoms with Crippen molar-refractivity contribution in [2.45, 2.75) is 33.4 Å². The van der Waals surface area contributed by atoms with Crippen LogP contribution in [0.25, 0.3) is 0 Å². The summed E-state index contributed by atoms with van der Waals surface area (Å²) in [6, 6.07) is 10.6. The largest absolute Gasteiger partial charge is 0.360 e. The molecule has 2 N–H and O–H groups in total. The van der Waals surface area contributed by atoms with Gasteiger partial charge in [-0.15, -0.1) is 11.3 Å². The van der Waals surface area contributed by atoms with E-state index in [0.717, 1.165) is 26.2 Å². The number of nitrogens with zero attached hydrogens (tertiary/aromatic N) is 1. The Kier molecular flexibility index (Phi) is 5.76. The van der Waals surface area contributed by atoms with Crippen molar-refractivity contribution in [1.29, 1.82) is 0 Å². The molecule has 0 bridgehead atoms. The molecule has 1 atom stereocenters. The highest BCUT2D eigenvalue weighted by molar-refractivity contribution is 7.09. The summed E-state index contributed by atoms with van der Waals surface area (Å²) in [6.45, 7) is 11.1. The number of carbonyl (C=O) groups excluding carboxylic acids is 1. The van der Waals surface area contributed by atoms with E-state index in [1.54, 1.807) is 11.3 Å². The van der Waals surface area contributed by atoms with Crippen LogP contribution in [-0.4, -0.2) is 38.1 Å². The standard InChI is InChI=1S/C20H27N3OS/c1-15-6-4-8-19(16(15)2)23-11-9-22(10-12-23)17(3)20(24)21-14-18-7-5-13-25-18/h4-8,13,17H,9-12,14H2,1-3H3,(H,21,24)/p+1/t17-/m1/s1. The van der Waals surface area contributed by atoms with Crippen molar-refractivity contribution in [2.24, 2.45) is 0 Å². The molecule has 0 aliphatic carbocycles. The predicted octanol–water partition coefficient (Wildman–Crippen LogP) is 1.77. The fraction of sp³-hybridized carbons (Fsp3) is 0.450. The lowest BCUT2D eigenvalue weighted by atomic mass is 10.1. The van der Waals surface area contributed by atoms with Gasteiger partial charge in [-0.05, 0) is 49.4 Å². The van der Waals surface area contributed by atoms with Gasteiger partial charge in [-0.25, -0.2) is 0 Å². The van der Waals surface area contributed by atoms with Crippen LogP contribution < -0.4 is 15.1 Å². The average molecular weight is 359 g/mol. The summed E-state index contributed by atoms with van der Waals surface area (Å²) in [5.74, 6) is 0.156. The van der Waals surface area contributed by atoms with Crippen molar-refractivity contribution in [3.05, 3.63) is 51.7 Å². The molecule has 1 fully saturated rings. The van der Waals surface area contributed by atoms with E-state index < -0.39 is 0 Å². The van der Waals surface area contributed by atoms with Crippen LogP contribution in [0.1, 0.15) is 22.9 Å². The van der Waals surface area contributed by atoms with Gasteiger partial charge in [0.05, 0.1) is 32.7 Å². The molecule has 134 valence electrons. The van der Waals surface area contributed by atoms with E-state index in [-0.39, 0.29) is 11.9 Å². The Balaban J connectivity index is 1.52. The number of quaternary nitrogens is 1. The number of nitrogens with one attached hydrogen (secondary N) is 2. The number of aryl methyl sites for hydroxylation is 1. The molecule has 5 heteroatoms. The molecule has 1 amide bonds. The molecule has 0 radical (unpaired) electrons. The van der Waals surface area contributed by atoms with Crippen LogP contribution in [0, 0.1) is 13.8 Å². The highest BCUT2D eigenvalue weighted by Gasteiger charge is 2.29. The second-order valence-electron chi connectivity index (χ2n) is 6.88. The number of carbonyl (C=O) groups is 1. The first kappa shape index (κ1) is 18.0. The molecule has 1 aliphatic rings. The number of amides is 1. The minimum absolute atomic E-state index is 0.000665. The molecule has 2 heterocycles. The molecule has 0 saturated carbocycles. The van der Waals surface area contributed by atoms with Crippen LogP contribution in [0.5, 0.6) is 0 Å². The van der Waals surface area contributed by atoms with Crippen LogP contribution in [-0.2, 0) is 11.3 Å². The van der Waals surface area contributed by atoms with Gasteiger partial charge in [-0.3, -0.25) is 4.79 Å². The molecule has 2 aromatic rings. The monoisotopic (exact) mass is 358 g/mol. The number of benzene rings is 1. The molecular weight excluding hydrogens is 330 g/mol. The normalized spacial score (nSPS) is 16.7. The second kappa shape index (κ2) is 8.02. The quantitative estimate of drug-likeness (QED) is 0.855. The zero-order valence-electron chi connectivity index (χ0n) is 15.3. The van der Waals surface area contributed by atoms with Gasteiger partial charge in [0.2, 0.25) is 0 Å². The van der Waals surface area contributed by atoms with Gasteiger partial charge in [0.15, 0.2) is 6.04 Å². The molecule has 3 rings (SSSR count). The Bertz CT molecular complexity index is 706. The van der Waals surface area contributed by atoms with E-state index in [0.29, 0.717) is 6.54 Å². The summed E-state index contributed by atoms with van der Waals surface area (Å²) in [5, 5.41) is 5.12. The third kappa shape index (κ3) is 4.22. The van der Waals surface area contributed by atoms with E-state index in [1.165, 1.54) is 26.6 Å². The van der Waals surface area contributed by atoms with Crippen molar-refractivity contribution in [3.63, 3.8) is 0 Å². The van der Waals surface area contributed by atoms with Gasteiger partial charge >= 0.3 is 0 Å². The number of thiophene rings is 1. The van der Waals surface area contributed by atoms with Crippen LogP contribution in [0.4, 0.5) is 5.69 Å². The number of hydrogen-bond donors (Lipinski definition) is 2. The highest BCUT2D eigenvalue weighted by Crippen LogP contribution is 2.22. The fourth-order valence-corrected chi connectivity index (χ4v) is 4.12. The predicted molar refractivity (Wildman–Crippen MR) is 104 cm³/mol. The van der Waals surface area contributed by atoms with Crippen molar-refractivity contribution in [1.82, 2.24) is 5.32 Å². The van der Waals surface area contributed by atoms with Gasteiger partial charge in [0.25, 0.3) is 5.91 Å². The van der Waals surface area contributed by atoms with Gasteiger partial charge < -0.3 is 15.1 Å². The Morgan fingerprint density at radius 2 is 2.00 bits per heavy atom. The summed E-state index contributed by atoms with van der Waals surface area (Å²) >= 11 is 1.68. The number of anilines is 1. The second-order valence-corrected chi connectivity index (χ2v) is 7.92. The zero-order valence-corrected chi connectivity index (χ0v) is 16.2. The highest BCUT2D eigenvalue weighted by atomic mass is 32.1. The molecular formula is C20H28N3OS+. The first-order valence-corrected chi connectivity index (χ1v) is 9.90. The maximum atomic E-state index is 12.4.